The van der Waals surface area contributed by atoms with E-state index >= 15 is 0 Å². The Labute approximate surface area is 172 Å². The number of hydrogen-bond donors (Lipinski definition) is 3. The molecule has 0 aliphatic heterocycles. The van der Waals surface area contributed by atoms with Crippen molar-refractivity contribution in [3.63, 3.8) is 0 Å². The molecule has 4 N–H and O–H groups in total. The molecule has 4 rings (SSSR count). The molecule has 3 heterocycles. The Morgan fingerprint density at radius 3 is 2.77 bits per heavy atom. The van der Waals surface area contributed by atoms with Crippen LogP contribution in [-0.4, -0.2) is 43.6 Å². The number of aromatic nitrogens is 5. The van der Waals surface area contributed by atoms with Gasteiger partial charge in [0.25, 0.3) is 5.91 Å². The summed E-state index contributed by atoms with van der Waals surface area (Å²) in [6.45, 7) is 6.06. The predicted molar refractivity (Wildman–Crippen MR) is 109 cm³/mol. The Morgan fingerprint density at radius 2 is 2.07 bits per heavy atom. The highest BCUT2D eigenvalue weighted by molar-refractivity contribution is 6.05. The molecule has 0 saturated heterocycles. The average molecular weight is 407 g/mol. The van der Waals surface area contributed by atoms with Crippen LogP contribution in [0.1, 0.15) is 52.7 Å². The van der Waals surface area contributed by atoms with E-state index in [2.05, 4.69) is 30.5 Å². The Morgan fingerprint density at radius 1 is 1.27 bits per heavy atom. The normalized spacial score (nSPS) is 13.8. The molecule has 10 heteroatoms. The maximum absolute atomic E-state index is 13.0. The Hall–Kier alpha value is -3.82. The molecule has 0 radical (unpaired) electrons. The Kier molecular flexibility index (Phi) is 4.69. The fourth-order valence-corrected chi connectivity index (χ4v) is 3.65. The van der Waals surface area contributed by atoms with Crippen LogP contribution >= 0.6 is 0 Å². The standard InChI is InChI=1S/C20H21N7O3/c1-4-30-18(29)10-5-6-12(22-8-10)24-17(28)16-13-15(26-27-16)14-11(7-20(13,2)3)9-23-19(21)25-14/h5-6,8-9H,4,7H2,1-3H3,(H,26,27)(H2,21,23,25)(H,22,24,28). The number of nitrogen functional groups attached to an aromatic ring is 1. The van der Waals surface area contributed by atoms with Crippen LogP contribution in [0.25, 0.3) is 11.4 Å². The molecule has 30 heavy (non-hydrogen) atoms. The highest BCUT2D eigenvalue weighted by atomic mass is 16.5. The maximum atomic E-state index is 13.0. The topological polar surface area (TPSA) is 149 Å². The van der Waals surface area contributed by atoms with E-state index in [1.165, 1.54) is 12.3 Å². The smallest absolute Gasteiger partial charge is 0.339 e. The van der Waals surface area contributed by atoms with E-state index in [4.69, 9.17) is 10.5 Å². The molecular formula is C20H21N7O3. The lowest BCUT2D eigenvalue weighted by atomic mass is 9.73. The first kappa shape index (κ1) is 19.5. The van der Waals surface area contributed by atoms with E-state index in [-0.39, 0.29) is 23.7 Å². The first-order valence-corrected chi connectivity index (χ1v) is 9.45. The van der Waals surface area contributed by atoms with Gasteiger partial charge in [0, 0.05) is 18.0 Å². The van der Waals surface area contributed by atoms with Gasteiger partial charge in [0.15, 0.2) is 5.69 Å². The number of fused-ring (bicyclic) bond motifs is 3. The summed E-state index contributed by atoms with van der Waals surface area (Å²) < 4.78 is 4.93. The van der Waals surface area contributed by atoms with Gasteiger partial charge in [0.1, 0.15) is 5.82 Å². The van der Waals surface area contributed by atoms with Gasteiger partial charge in [-0.2, -0.15) is 5.10 Å². The van der Waals surface area contributed by atoms with Crippen molar-refractivity contribution in [1.29, 1.82) is 0 Å². The number of pyridine rings is 1. The van der Waals surface area contributed by atoms with E-state index in [0.717, 1.165) is 11.1 Å². The fourth-order valence-electron chi connectivity index (χ4n) is 3.65. The fraction of sp³-hybridized carbons (Fsp3) is 0.300. The number of rotatable bonds is 4. The second-order valence-electron chi connectivity index (χ2n) is 7.59. The number of carbonyl (C=O) groups is 2. The van der Waals surface area contributed by atoms with Gasteiger partial charge in [-0.1, -0.05) is 13.8 Å². The maximum Gasteiger partial charge on any atom is 0.339 e. The monoisotopic (exact) mass is 407 g/mol. The van der Waals surface area contributed by atoms with E-state index in [1.54, 1.807) is 19.2 Å². The lowest BCUT2D eigenvalue weighted by Gasteiger charge is -2.31. The van der Waals surface area contributed by atoms with Gasteiger partial charge in [-0.05, 0) is 36.5 Å². The number of nitrogens with zero attached hydrogens (tertiary/aromatic N) is 4. The number of esters is 1. The number of nitrogens with one attached hydrogen (secondary N) is 2. The molecule has 0 unspecified atom stereocenters. The third-order valence-corrected chi connectivity index (χ3v) is 4.93. The molecule has 3 aromatic rings. The lowest BCUT2D eigenvalue weighted by molar-refractivity contribution is 0.0526. The van der Waals surface area contributed by atoms with Crippen molar-refractivity contribution in [1.82, 2.24) is 25.1 Å². The van der Waals surface area contributed by atoms with E-state index in [9.17, 15) is 9.59 Å². The van der Waals surface area contributed by atoms with Gasteiger partial charge < -0.3 is 15.8 Å². The van der Waals surface area contributed by atoms with Gasteiger partial charge in [-0.15, -0.1) is 0 Å². The molecule has 1 aliphatic rings. The number of ether oxygens (including phenoxy) is 1. The Balaban J connectivity index is 1.63. The summed E-state index contributed by atoms with van der Waals surface area (Å²) in [6.07, 6.45) is 3.70. The summed E-state index contributed by atoms with van der Waals surface area (Å²) in [7, 11) is 0. The summed E-state index contributed by atoms with van der Waals surface area (Å²) in [5.74, 6) is -0.426. The minimum absolute atomic E-state index is 0.158. The predicted octanol–water partition coefficient (Wildman–Crippen LogP) is 2.11. The summed E-state index contributed by atoms with van der Waals surface area (Å²) >= 11 is 0. The van der Waals surface area contributed by atoms with Crippen LogP contribution in [0.5, 0.6) is 0 Å². The van der Waals surface area contributed by atoms with Crippen LogP contribution in [0.3, 0.4) is 0 Å². The van der Waals surface area contributed by atoms with Crippen molar-refractivity contribution in [3.8, 4) is 11.4 Å². The second kappa shape index (κ2) is 7.21. The molecule has 0 fully saturated rings. The van der Waals surface area contributed by atoms with Crippen molar-refractivity contribution in [2.24, 2.45) is 0 Å². The van der Waals surface area contributed by atoms with Crippen LogP contribution in [0.15, 0.2) is 24.5 Å². The summed E-state index contributed by atoms with van der Waals surface area (Å²) in [6, 6.07) is 3.08. The third kappa shape index (κ3) is 3.36. The number of hydrogen-bond acceptors (Lipinski definition) is 8. The molecule has 10 nitrogen and oxygen atoms in total. The van der Waals surface area contributed by atoms with Crippen LogP contribution in [0.4, 0.5) is 11.8 Å². The van der Waals surface area contributed by atoms with Crippen LogP contribution in [0.2, 0.25) is 0 Å². The van der Waals surface area contributed by atoms with E-state index in [1.807, 2.05) is 13.8 Å². The summed E-state index contributed by atoms with van der Waals surface area (Å²) in [5, 5.41) is 9.90. The van der Waals surface area contributed by atoms with Gasteiger partial charge in [0.2, 0.25) is 5.95 Å². The largest absolute Gasteiger partial charge is 0.462 e. The van der Waals surface area contributed by atoms with Crippen LogP contribution < -0.4 is 11.1 Å². The Bertz CT molecular complexity index is 1140. The number of anilines is 2. The highest BCUT2D eigenvalue weighted by Gasteiger charge is 2.38. The van der Waals surface area contributed by atoms with Crippen molar-refractivity contribution in [2.45, 2.75) is 32.6 Å². The second-order valence-corrected chi connectivity index (χ2v) is 7.59. The van der Waals surface area contributed by atoms with Gasteiger partial charge in [-0.3, -0.25) is 9.89 Å². The van der Waals surface area contributed by atoms with E-state index < -0.39 is 11.9 Å². The number of aromatic amines is 1. The molecule has 0 bridgehead atoms. The molecule has 0 spiro atoms. The number of amides is 1. The van der Waals surface area contributed by atoms with Crippen molar-refractivity contribution in [2.75, 3.05) is 17.7 Å². The van der Waals surface area contributed by atoms with Gasteiger partial charge >= 0.3 is 5.97 Å². The molecule has 0 saturated carbocycles. The molecule has 154 valence electrons. The van der Waals surface area contributed by atoms with Gasteiger partial charge in [0.05, 0.1) is 23.6 Å². The summed E-state index contributed by atoms with van der Waals surface area (Å²) in [4.78, 5) is 37.2. The first-order valence-electron chi connectivity index (χ1n) is 9.45. The van der Waals surface area contributed by atoms with Crippen LogP contribution in [0, 0.1) is 0 Å². The minimum Gasteiger partial charge on any atom is -0.462 e. The number of nitrogens with two attached hydrogens (primary N) is 1. The zero-order valence-corrected chi connectivity index (χ0v) is 16.8. The number of carbonyl (C=O) groups excluding carboxylic acids is 2. The van der Waals surface area contributed by atoms with Crippen molar-refractivity contribution >= 4 is 23.6 Å². The quantitative estimate of drug-likeness (QED) is 0.557. The molecule has 0 atom stereocenters. The minimum atomic E-state index is -0.467. The molecule has 1 amide bonds. The highest BCUT2D eigenvalue weighted by Crippen LogP contribution is 2.42. The molecule has 0 aromatic carbocycles. The van der Waals surface area contributed by atoms with Gasteiger partial charge in [-0.25, -0.2) is 19.7 Å². The SMILES string of the molecule is CCOC(=O)c1ccc(NC(=O)c2n[nH]c3c2C(C)(C)Cc2cnc(N)nc2-3)nc1. The van der Waals surface area contributed by atoms with E-state index in [0.29, 0.717) is 29.2 Å². The average Bonchev–Trinajstić information content (AvgIpc) is 3.16. The van der Waals surface area contributed by atoms with Crippen molar-refractivity contribution < 1.29 is 14.3 Å². The van der Waals surface area contributed by atoms with Crippen molar-refractivity contribution in [3.05, 3.63) is 46.9 Å². The number of H-pyrrole nitrogens is 1. The first-order chi connectivity index (χ1) is 14.3. The molecular weight excluding hydrogens is 386 g/mol. The molecule has 3 aromatic heterocycles. The lowest BCUT2D eigenvalue weighted by Crippen LogP contribution is -2.29. The molecule has 1 aliphatic carbocycles. The zero-order valence-electron chi connectivity index (χ0n) is 16.8. The zero-order chi connectivity index (χ0) is 21.5. The van der Waals surface area contributed by atoms with Crippen LogP contribution in [-0.2, 0) is 16.6 Å². The summed E-state index contributed by atoms with van der Waals surface area (Å²) in [5.41, 5.74) is 8.95. The third-order valence-electron chi connectivity index (χ3n) is 4.93.